The number of aromatic nitrogens is 1. The molecule has 2 aromatic carbocycles. The van der Waals surface area contributed by atoms with Crippen molar-refractivity contribution in [3.63, 3.8) is 0 Å². The number of nitrogens with one attached hydrogen (secondary N) is 1. The van der Waals surface area contributed by atoms with Crippen LogP contribution < -0.4 is 10.1 Å². The minimum atomic E-state index is 0.394. The zero-order valence-corrected chi connectivity index (χ0v) is 16.1. The van der Waals surface area contributed by atoms with Crippen molar-refractivity contribution in [2.75, 3.05) is 7.11 Å². The van der Waals surface area contributed by atoms with Crippen LogP contribution in [0.5, 0.6) is 5.75 Å². The molecule has 1 N–H and O–H groups in total. The first kappa shape index (κ1) is 17.3. The molecule has 0 spiro atoms. The molecule has 4 heteroatoms. The van der Waals surface area contributed by atoms with Gasteiger partial charge in [0, 0.05) is 23.5 Å². The van der Waals surface area contributed by atoms with Crippen molar-refractivity contribution in [1.82, 2.24) is 10.3 Å². The van der Waals surface area contributed by atoms with Crippen LogP contribution in [0.2, 0.25) is 0 Å². The summed E-state index contributed by atoms with van der Waals surface area (Å²) in [5, 5.41) is 6.99. The van der Waals surface area contributed by atoms with Gasteiger partial charge in [-0.15, -0.1) is 11.3 Å². The topological polar surface area (TPSA) is 34.1 Å². The number of aryl methyl sites for hydroxylation is 1. The summed E-state index contributed by atoms with van der Waals surface area (Å²) in [6.45, 7) is 2.91. The Morgan fingerprint density at radius 2 is 1.85 bits per heavy atom. The third-order valence-electron chi connectivity index (χ3n) is 4.92. The highest BCUT2D eigenvalue weighted by molar-refractivity contribution is 7.13. The Kier molecular flexibility index (Phi) is 5.05. The SMILES string of the molecule is COc1ccc(C(NCc2csc(-c3ccc(C)cc3)n2)C2CC2)cc1. The summed E-state index contributed by atoms with van der Waals surface area (Å²) in [5.74, 6) is 1.64. The average molecular weight is 365 g/mol. The van der Waals surface area contributed by atoms with Gasteiger partial charge in [-0.3, -0.25) is 0 Å². The van der Waals surface area contributed by atoms with Crippen LogP contribution in [0.3, 0.4) is 0 Å². The van der Waals surface area contributed by atoms with E-state index in [1.165, 1.54) is 29.5 Å². The molecule has 1 heterocycles. The molecule has 134 valence electrons. The first-order valence-corrected chi connectivity index (χ1v) is 9.99. The van der Waals surface area contributed by atoms with Crippen molar-refractivity contribution in [2.45, 2.75) is 32.4 Å². The molecule has 1 aliphatic rings. The number of benzene rings is 2. The Bertz CT molecular complexity index is 851. The summed E-state index contributed by atoms with van der Waals surface area (Å²) in [5.41, 5.74) is 4.92. The fourth-order valence-electron chi connectivity index (χ4n) is 3.23. The van der Waals surface area contributed by atoms with E-state index < -0.39 is 0 Å². The number of thiazole rings is 1. The summed E-state index contributed by atoms with van der Waals surface area (Å²) >= 11 is 1.72. The summed E-state index contributed by atoms with van der Waals surface area (Å²) < 4.78 is 5.28. The van der Waals surface area contributed by atoms with Gasteiger partial charge in [0.05, 0.1) is 12.8 Å². The lowest BCUT2D eigenvalue weighted by atomic mass is 10.0. The zero-order chi connectivity index (χ0) is 17.9. The number of nitrogens with zero attached hydrogens (tertiary/aromatic N) is 1. The second-order valence-corrected chi connectivity index (χ2v) is 7.84. The number of ether oxygens (including phenoxy) is 1. The van der Waals surface area contributed by atoms with E-state index in [-0.39, 0.29) is 0 Å². The largest absolute Gasteiger partial charge is 0.497 e. The van der Waals surface area contributed by atoms with Crippen LogP contribution in [0.15, 0.2) is 53.9 Å². The summed E-state index contributed by atoms with van der Waals surface area (Å²) in [6.07, 6.45) is 2.60. The molecule has 1 atom stereocenters. The standard InChI is InChI=1S/C22H24N2OS/c1-15-3-5-18(6-4-15)22-24-19(14-26-22)13-23-21(16-7-8-16)17-9-11-20(25-2)12-10-17/h3-6,9-12,14,16,21,23H,7-8,13H2,1-2H3. The first-order valence-electron chi connectivity index (χ1n) is 9.12. The van der Waals surface area contributed by atoms with Gasteiger partial charge in [0.25, 0.3) is 0 Å². The Morgan fingerprint density at radius 3 is 2.50 bits per heavy atom. The first-order chi connectivity index (χ1) is 12.7. The molecule has 26 heavy (non-hydrogen) atoms. The molecule has 1 unspecified atom stereocenters. The second-order valence-electron chi connectivity index (χ2n) is 6.98. The summed E-state index contributed by atoms with van der Waals surface area (Å²) in [4.78, 5) is 4.82. The molecule has 0 amide bonds. The van der Waals surface area contributed by atoms with Crippen LogP contribution in [0.25, 0.3) is 10.6 Å². The maximum atomic E-state index is 5.28. The Balaban J connectivity index is 1.44. The highest BCUT2D eigenvalue weighted by Gasteiger charge is 2.32. The maximum absolute atomic E-state index is 5.28. The normalized spacial score (nSPS) is 15.0. The van der Waals surface area contributed by atoms with Crippen LogP contribution in [0.4, 0.5) is 0 Å². The molecule has 0 aliphatic heterocycles. The van der Waals surface area contributed by atoms with Crippen molar-refractivity contribution in [2.24, 2.45) is 5.92 Å². The van der Waals surface area contributed by atoms with E-state index in [0.29, 0.717) is 6.04 Å². The van der Waals surface area contributed by atoms with Crippen molar-refractivity contribution >= 4 is 11.3 Å². The van der Waals surface area contributed by atoms with Gasteiger partial charge < -0.3 is 10.1 Å². The number of rotatable bonds is 7. The van der Waals surface area contributed by atoms with Gasteiger partial charge in [0.15, 0.2) is 0 Å². The van der Waals surface area contributed by atoms with Crippen LogP contribution in [-0.2, 0) is 6.54 Å². The molecular weight excluding hydrogens is 340 g/mol. The lowest BCUT2D eigenvalue weighted by Crippen LogP contribution is -2.22. The Labute approximate surface area is 159 Å². The van der Waals surface area contributed by atoms with E-state index in [0.717, 1.165) is 28.9 Å². The molecular formula is C22H24N2OS. The van der Waals surface area contributed by atoms with E-state index in [2.05, 4.69) is 54.0 Å². The van der Waals surface area contributed by atoms with Crippen molar-refractivity contribution in [1.29, 1.82) is 0 Å². The van der Waals surface area contributed by atoms with E-state index in [1.54, 1.807) is 18.4 Å². The fraction of sp³-hybridized carbons (Fsp3) is 0.318. The molecule has 1 aromatic heterocycles. The third kappa shape index (κ3) is 3.97. The third-order valence-corrected chi connectivity index (χ3v) is 5.86. The lowest BCUT2D eigenvalue weighted by Gasteiger charge is -2.18. The van der Waals surface area contributed by atoms with Gasteiger partial charge in [0.2, 0.25) is 0 Å². The minimum Gasteiger partial charge on any atom is -0.497 e. The van der Waals surface area contributed by atoms with Crippen molar-refractivity contribution < 1.29 is 4.74 Å². The molecule has 3 nitrogen and oxygen atoms in total. The predicted molar refractivity (Wildman–Crippen MR) is 108 cm³/mol. The number of methoxy groups -OCH3 is 1. The average Bonchev–Trinajstić information content (AvgIpc) is 3.40. The highest BCUT2D eigenvalue weighted by atomic mass is 32.1. The van der Waals surface area contributed by atoms with E-state index in [9.17, 15) is 0 Å². The van der Waals surface area contributed by atoms with Crippen LogP contribution >= 0.6 is 11.3 Å². The predicted octanol–water partition coefficient (Wildman–Crippen LogP) is 5.37. The molecule has 0 bridgehead atoms. The van der Waals surface area contributed by atoms with Crippen molar-refractivity contribution in [3.8, 4) is 16.3 Å². The summed E-state index contributed by atoms with van der Waals surface area (Å²) in [7, 11) is 1.71. The monoisotopic (exact) mass is 364 g/mol. The number of hydrogen-bond donors (Lipinski definition) is 1. The van der Waals surface area contributed by atoms with Gasteiger partial charge in [-0.05, 0) is 43.4 Å². The minimum absolute atomic E-state index is 0.394. The molecule has 0 radical (unpaired) electrons. The smallest absolute Gasteiger partial charge is 0.123 e. The molecule has 4 rings (SSSR count). The number of hydrogen-bond acceptors (Lipinski definition) is 4. The van der Waals surface area contributed by atoms with Crippen molar-refractivity contribution in [3.05, 3.63) is 70.7 Å². The second kappa shape index (κ2) is 7.60. The Hall–Kier alpha value is -2.17. The van der Waals surface area contributed by atoms with Crippen LogP contribution in [0.1, 0.15) is 35.7 Å². The van der Waals surface area contributed by atoms with Crippen LogP contribution in [0, 0.1) is 12.8 Å². The Morgan fingerprint density at radius 1 is 1.12 bits per heavy atom. The van der Waals surface area contributed by atoms with Crippen LogP contribution in [-0.4, -0.2) is 12.1 Å². The quantitative estimate of drug-likeness (QED) is 0.612. The lowest BCUT2D eigenvalue weighted by molar-refractivity contribution is 0.413. The highest BCUT2D eigenvalue weighted by Crippen LogP contribution is 2.41. The summed E-state index contributed by atoms with van der Waals surface area (Å²) in [6, 6.07) is 17.4. The van der Waals surface area contributed by atoms with Gasteiger partial charge in [0.1, 0.15) is 10.8 Å². The van der Waals surface area contributed by atoms with E-state index in [1.807, 2.05) is 12.1 Å². The molecule has 1 saturated carbocycles. The van der Waals surface area contributed by atoms with Gasteiger partial charge in [-0.1, -0.05) is 42.0 Å². The molecule has 1 aliphatic carbocycles. The maximum Gasteiger partial charge on any atom is 0.123 e. The van der Waals surface area contributed by atoms with Gasteiger partial charge in [-0.25, -0.2) is 4.98 Å². The fourth-order valence-corrected chi connectivity index (χ4v) is 4.05. The van der Waals surface area contributed by atoms with E-state index in [4.69, 9.17) is 9.72 Å². The van der Waals surface area contributed by atoms with Gasteiger partial charge >= 0.3 is 0 Å². The molecule has 1 fully saturated rings. The zero-order valence-electron chi connectivity index (χ0n) is 15.2. The van der Waals surface area contributed by atoms with Gasteiger partial charge in [-0.2, -0.15) is 0 Å². The molecule has 3 aromatic rings. The van der Waals surface area contributed by atoms with E-state index >= 15 is 0 Å². The molecule has 0 saturated heterocycles.